The van der Waals surface area contributed by atoms with Crippen LogP contribution in [0.25, 0.3) is 0 Å². The average molecular weight is 415 g/mol. The first kappa shape index (κ1) is 21.4. The third kappa shape index (κ3) is 5.00. The van der Waals surface area contributed by atoms with Crippen molar-refractivity contribution in [1.82, 2.24) is 10.2 Å². The largest absolute Gasteiger partial charge is 0.350 e. The summed E-state index contributed by atoms with van der Waals surface area (Å²) < 4.78 is 27.0. The topological polar surface area (TPSA) is 69.7 Å². The van der Waals surface area contributed by atoms with Gasteiger partial charge in [-0.25, -0.2) is 8.78 Å². The molecule has 1 unspecified atom stereocenters. The van der Waals surface area contributed by atoms with Gasteiger partial charge >= 0.3 is 0 Å². The lowest BCUT2D eigenvalue weighted by Gasteiger charge is -2.24. The van der Waals surface area contributed by atoms with E-state index in [2.05, 4.69) is 5.32 Å². The molecular weight excluding hydrogens is 392 g/mol. The minimum absolute atomic E-state index is 0.0269. The summed E-state index contributed by atoms with van der Waals surface area (Å²) in [7, 11) is 0. The summed E-state index contributed by atoms with van der Waals surface area (Å²) >= 11 is 0. The van der Waals surface area contributed by atoms with Crippen molar-refractivity contribution in [1.29, 1.82) is 0 Å². The molecule has 1 atom stereocenters. The van der Waals surface area contributed by atoms with Crippen LogP contribution in [0, 0.1) is 17.6 Å². The van der Waals surface area contributed by atoms with Crippen LogP contribution in [0.2, 0.25) is 0 Å². The lowest BCUT2D eigenvalue weighted by Crippen LogP contribution is -2.43. The minimum atomic E-state index is -0.637. The Kier molecular flexibility index (Phi) is 6.76. The second kappa shape index (κ2) is 9.47. The maximum absolute atomic E-state index is 14.0. The summed E-state index contributed by atoms with van der Waals surface area (Å²) in [6.45, 7) is 2.19. The molecule has 158 valence electrons. The Bertz CT molecular complexity index is 933. The smallest absolute Gasteiger partial charge is 0.239 e. The molecule has 0 bridgehead atoms. The van der Waals surface area contributed by atoms with Gasteiger partial charge in [0.15, 0.2) is 0 Å². The van der Waals surface area contributed by atoms with Crippen LogP contribution in [-0.2, 0) is 20.9 Å². The highest BCUT2D eigenvalue weighted by Gasteiger charge is 2.38. The first-order valence-electron chi connectivity index (χ1n) is 9.74. The first-order valence-corrected chi connectivity index (χ1v) is 9.74. The molecule has 0 radical (unpaired) electrons. The van der Waals surface area contributed by atoms with Gasteiger partial charge in [-0.15, -0.1) is 0 Å². The number of rotatable bonds is 7. The molecule has 30 heavy (non-hydrogen) atoms. The third-order valence-corrected chi connectivity index (χ3v) is 5.05. The highest BCUT2D eigenvalue weighted by Crippen LogP contribution is 2.28. The number of nitrogens with one attached hydrogen (secondary N) is 1. The molecular formula is C22H23F2N3O3. The molecule has 0 saturated carbocycles. The zero-order valence-corrected chi connectivity index (χ0v) is 16.6. The van der Waals surface area contributed by atoms with Crippen LogP contribution < -0.4 is 10.2 Å². The second-order valence-corrected chi connectivity index (χ2v) is 7.11. The average Bonchev–Trinajstić information content (AvgIpc) is 3.13. The van der Waals surface area contributed by atoms with E-state index in [-0.39, 0.29) is 55.3 Å². The molecule has 0 aliphatic carbocycles. The molecule has 3 amide bonds. The lowest BCUT2D eigenvalue weighted by atomic mass is 10.1. The number of likely N-dealkylation sites (N-methyl/N-ethyl adjacent to an activating group) is 1. The number of hydrogen-bond acceptors (Lipinski definition) is 3. The van der Waals surface area contributed by atoms with Gasteiger partial charge < -0.3 is 15.1 Å². The minimum Gasteiger partial charge on any atom is -0.350 e. The Balaban J connectivity index is 1.57. The molecule has 2 aromatic carbocycles. The van der Waals surface area contributed by atoms with Gasteiger partial charge in [0.25, 0.3) is 0 Å². The first-order chi connectivity index (χ1) is 14.4. The fraction of sp³-hybridized carbons (Fsp3) is 0.318. The fourth-order valence-corrected chi connectivity index (χ4v) is 3.41. The van der Waals surface area contributed by atoms with Crippen molar-refractivity contribution >= 4 is 23.4 Å². The number of halogens is 2. The van der Waals surface area contributed by atoms with Crippen molar-refractivity contribution in [2.75, 3.05) is 24.5 Å². The summed E-state index contributed by atoms with van der Waals surface area (Å²) in [5, 5.41) is 2.70. The summed E-state index contributed by atoms with van der Waals surface area (Å²) in [6.07, 6.45) is -0.0269. The van der Waals surface area contributed by atoms with E-state index in [4.69, 9.17) is 0 Å². The highest BCUT2D eigenvalue weighted by atomic mass is 19.1. The lowest BCUT2D eigenvalue weighted by molar-refractivity contribution is -0.139. The van der Waals surface area contributed by atoms with Crippen molar-refractivity contribution in [3.05, 3.63) is 65.7 Å². The zero-order chi connectivity index (χ0) is 21.7. The van der Waals surface area contributed by atoms with E-state index in [0.29, 0.717) is 6.54 Å². The molecule has 1 aliphatic heterocycles. The molecule has 1 saturated heterocycles. The van der Waals surface area contributed by atoms with Gasteiger partial charge in [0.1, 0.15) is 11.6 Å². The van der Waals surface area contributed by atoms with Crippen LogP contribution in [0.5, 0.6) is 0 Å². The van der Waals surface area contributed by atoms with E-state index >= 15 is 0 Å². The van der Waals surface area contributed by atoms with Crippen molar-refractivity contribution in [3.63, 3.8) is 0 Å². The Hall–Kier alpha value is -3.29. The summed E-state index contributed by atoms with van der Waals surface area (Å²) in [5.41, 5.74) is 0.888. The monoisotopic (exact) mass is 415 g/mol. The predicted octanol–water partition coefficient (Wildman–Crippen LogP) is 2.48. The number of para-hydroxylation sites is 1. The van der Waals surface area contributed by atoms with E-state index in [9.17, 15) is 23.2 Å². The summed E-state index contributed by atoms with van der Waals surface area (Å²) in [5.74, 6) is -2.52. The van der Waals surface area contributed by atoms with Crippen LogP contribution in [0.1, 0.15) is 18.9 Å². The summed E-state index contributed by atoms with van der Waals surface area (Å²) in [6, 6.07) is 11.7. The maximum Gasteiger partial charge on any atom is 0.239 e. The zero-order valence-electron chi connectivity index (χ0n) is 16.6. The molecule has 1 N–H and O–H groups in total. The van der Waals surface area contributed by atoms with Crippen LogP contribution in [0.3, 0.4) is 0 Å². The third-order valence-electron chi connectivity index (χ3n) is 5.05. The van der Waals surface area contributed by atoms with Gasteiger partial charge in [-0.1, -0.05) is 24.3 Å². The fourth-order valence-electron chi connectivity index (χ4n) is 3.41. The van der Waals surface area contributed by atoms with Gasteiger partial charge in [-0.05, 0) is 36.8 Å². The van der Waals surface area contributed by atoms with Crippen LogP contribution >= 0.6 is 0 Å². The van der Waals surface area contributed by atoms with Gasteiger partial charge in [0, 0.05) is 26.1 Å². The Morgan fingerprint density at radius 3 is 2.50 bits per heavy atom. The number of anilines is 1. The van der Waals surface area contributed by atoms with Crippen molar-refractivity contribution < 1.29 is 23.2 Å². The molecule has 1 aliphatic rings. The van der Waals surface area contributed by atoms with E-state index < -0.39 is 11.7 Å². The number of amides is 3. The summed E-state index contributed by atoms with van der Waals surface area (Å²) in [4.78, 5) is 40.1. The molecule has 1 fully saturated rings. The normalized spacial score (nSPS) is 15.9. The quantitative estimate of drug-likeness (QED) is 0.756. The van der Waals surface area contributed by atoms with Crippen molar-refractivity contribution in [3.8, 4) is 0 Å². The number of nitrogens with zero attached hydrogens (tertiary/aromatic N) is 2. The second-order valence-electron chi connectivity index (χ2n) is 7.11. The van der Waals surface area contributed by atoms with Gasteiger partial charge in [0.2, 0.25) is 17.7 Å². The van der Waals surface area contributed by atoms with Gasteiger partial charge in [-0.2, -0.15) is 0 Å². The molecule has 1 heterocycles. The maximum atomic E-state index is 14.0. The van der Waals surface area contributed by atoms with E-state index in [1.165, 1.54) is 40.1 Å². The number of carbonyl (C=O) groups is 3. The molecule has 2 aromatic rings. The standard InChI is InChI=1S/C22H23F2N3O3/c1-2-26(14-20(28)25-12-15-7-9-17(23)10-8-15)22(30)16-11-21(29)27(13-16)19-6-4-3-5-18(19)24/h3-10,16H,2,11-14H2,1H3,(H,25,28). The SMILES string of the molecule is CCN(CC(=O)NCc1ccc(F)cc1)C(=O)C1CC(=O)N(c2ccccc2F)C1. The van der Waals surface area contributed by atoms with Crippen LogP contribution in [-0.4, -0.2) is 42.3 Å². The van der Waals surface area contributed by atoms with E-state index in [0.717, 1.165) is 5.56 Å². The van der Waals surface area contributed by atoms with Crippen LogP contribution in [0.15, 0.2) is 48.5 Å². The Morgan fingerprint density at radius 1 is 1.13 bits per heavy atom. The van der Waals surface area contributed by atoms with Gasteiger partial charge in [0.05, 0.1) is 18.2 Å². The molecule has 3 rings (SSSR count). The van der Waals surface area contributed by atoms with E-state index in [1.807, 2.05) is 0 Å². The Labute approximate surface area is 173 Å². The number of benzene rings is 2. The molecule has 6 nitrogen and oxygen atoms in total. The highest BCUT2D eigenvalue weighted by molar-refractivity contribution is 6.00. The van der Waals surface area contributed by atoms with E-state index in [1.54, 1.807) is 25.1 Å². The molecule has 8 heteroatoms. The van der Waals surface area contributed by atoms with Gasteiger partial charge in [-0.3, -0.25) is 14.4 Å². The van der Waals surface area contributed by atoms with Crippen molar-refractivity contribution in [2.45, 2.75) is 19.9 Å². The molecule has 0 aromatic heterocycles. The number of hydrogen-bond donors (Lipinski definition) is 1. The predicted molar refractivity (Wildman–Crippen MR) is 107 cm³/mol. The Morgan fingerprint density at radius 2 is 1.83 bits per heavy atom. The van der Waals surface area contributed by atoms with Crippen LogP contribution in [0.4, 0.5) is 14.5 Å². The number of carbonyl (C=O) groups excluding carboxylic acids is 3. The molecule has 0 spiro atoms. The van der Waals surface area contributed by atoms with Crippen molar-refractivity contribution in [2.24, 2.45) is 5.92 Å².